The number of aryl methyl sites for hydroxylation is 4. The van der Waals surface area contributed by atoms with Crippen LogP contribution >= 0.6 is 0 Å². The quantitative estimate of drug-likeness (QED) is 0.549. The molecule has 2 aromatic carbocycles. The van der Waals surface area contributed by atoms with Gasteiger partial charge in [-0.25, -0.2) is 9.50 Å². The fourth-order valence-electron chi connectivity index (χ4n) is 3.67. The number of fused-ring (bicyclic) bond motifs is 1. The van der Waals surface area contributed by atoms with Crippen LogP contribution in [0.1, 0.15) is 28.2 Å². The lowest BCUT2D eigenvalue weighted by molar-refractivity contribution is -0.115. The number of rotatable bonds is 4. The second-order valence-corrected chi connectivity index (χ2v) is 7.41. The van der Waals surface area contributed by atoms with Crippen LogP contribution < -0.4 is 5.32 Å². The van der Waals surface area contributed by atoms with Crippen molar-refractivity contribution in [1.29, 1.82) is 0 Å². The molecule has 146 valence electrons. The van der Waals surface area contributed by atoms with Gasteiger partial charge in [0.25, 0.3) is 0 Å². The van der Waals surface area contributed by atoms with E-state index in [-0.39, 0.29) is 12.3 Å². The molecule has 0 saturated carbocycles. The van der Waals surface area contributed by atoms with Gasteiger partial charge in [0.15, 0.2) is 5.65 Å². The average Bonchev–Trinajstić information content (AvgIpc) is 3.03. The molecule has 1 N–H and O–H groups in total. The van der Waals surface area contributed by atoms with Gasteiger partial charge in [-0.05, 0) is 45.4 Å². The Morgan fingerprint density at radius 2 is 1.62 bits per heavy atom. The van der Waals surface area contributed by atoms with Crippen molar-refractivity contribution in [2.45, 2.75) is 34.1 Å². The van der Waals surface area contributed by atoms with Crippen molar-refractivity contribution >= 4 is 17.2 Å². The molecule has 0 unspecified atom stereocenters. The largest absolute Gasteiger partial charge is 0.326 e. The van der Waals surface area contributed by atoms with Crippen molar-refractivity contribution in [2.24, 2.45) is 0 Å². The summed E-state index contributed by atoms with van der Waals surface area (Å²) in [6.07, 6.45) is 0.258. The van der Waals surface area contributed by atoms with Crippen LogP contribution in [0.3, 0.4) is 0 Å². The molecule has 4 aromatic rings. The number of anilines is 1. The molecular formula is C24H24N4O. The lowest BCUT2D eigenvalue weighted by Crippen LogP contribution is -2.17. The smallest absolute Gasteiger partial charge is 0.228 e. The number of carbonyl (C=O) groups is 1. The zero-order valence-electron chi connectivity index (χ0n) is 17.2. The minimum Gasteiger partial charge on any atom is -0.326 e. The first-order valence-corrected chi connectivity index (χ1v) is 9.71. The summed E-state index contributed by atoms with van der Waals surface area (Å²) in [5.74, 6) is -0.0617. The Balaban J connectivity index is 1.69. The van der Waals surface area contributed by atoms with Crippen molar-refractivity contribution in [3.05, 3.63) is 82.8 Å². The van der Waals surface area contributed by atoms with Gasteiger partial charge in [0.2, 0.25) is 5.91 Å². The van der Waals surface area contributed by atoms with Crippen molar-refractivity contribution in [2.75, 3.05) is 5.32 Å². The van der Waals surface area contributed by atoms with Gasteiger partial charge in [-0.3, -0.25) is 4.79 Å². The zero-order chi connectivity index (χ0) is 20.5. The van der Waals surface area contributed by atoms with E-state index in [9.17, 15) is 4.79 Å². The number of nitrogens with zero attached hydrogens (tertiary/aromatic N) is 3. The maximum absolute atomic E-state index is 12.6. The molecule has 0 atom stereocenters. The van der Waals surface area contributed by atoms with Gasteiger partial charge in [-0.2, -0.15) is 5.10 Å². The standard InChI is InChI=1S/C24H24N4O/c1-15-10-12-20(13-11-15)26-22(29)14-21-16(2)25-24-23(19-8-6-5-7-9-19)17(3)27-28(24)18(21)4/h5-13H,14H2,1-4H3,(H,26,29). The van der Waals surface area contributed by atoms with Crippen LogP contribution in [0, 0.1) is 27.7 Å². The van der Waals surface area contributed by atoms with Gasteiger partial charge in [-0.1, -0.05) is 48.0 Å². The van der Waals surface area contributed by atoms with E-state index in [4.69, 9.17) is 10.1 Å². The van der Waals surface area contributed by atoms with Gasteiger partial charge in [0, 0.05) is 28.2 Å². The Morgan fingerprint density at radius 1 is 0.931 bits per heavy atom. The summed E-state index contributed by atoms with van der Waals surface area (Å²) in [6.45, 7) is 7.97. The Morgan fingerprint density at radius 3 is 2.31 bits per heavy atom. The number of hydrogen-bond donors (Lipinski definition) is 1. The summed E-state index contributed by atoms with van der Waals surface area (Å²) in [6, 6.07) is 18.0. The number of nitrogens with one attached hydrogen (secondary N) is 1. The van der Waals surface area contributed by atoms with Gasteiger partial charge in [0.05, 0.1) is 12.1 Å². The molecule has 0 aliphatic carbocycles. The molecule has 0 radical (unpaired) electrons. The normalized spacial score (nSPS) is 11.0. The van der Waals surface area contributed by atoms with Crippen molar-refractivity contribution in [3.63, 3.8) is 0 Å². The summed E-state index contributed by atoms with van der Waals surface area (Å²) in [5.41, 5.74) is 8.54. The molecule has 5 nitrogen and oxygen atoms in total. The highest BCUT2D eigenvalue weighted by Crippen LogP contribution is 2.29. The Bertz CT molecular complexity index is 1190. The maximum Gasteiger partial charge on any atom is 0.228 e. The monoisotopic (exact) mass is 384 g/mol. The van der Waals surface area contributed by atoms with E-state index in [0.717, 1.165) is 50.7 Å². The van der Waals surface area contributed by atoms with Crippen LogP contribution in [-0.2, 0) is 11.2 Å². The van der Waals surface area contributed by atoms with E-state index in [1.807, 2.05) is 74.7 Å². The number of carbonyl (C=O) groups excluding carboxylic acids is 1. The van der Waals surface area contributed by atoms with Crippen LogP contribution in [0.2, 0.25) is 0 Å². The molecule has 0 bridgehead atoms. The summed E-state index contributed by atoms with van der Waals surface area (Å²) in [5, 5.41) is 7.68. The third kappa shape index (κ3) is 3.63. The third-order valence-corrected chi connectivity index (χ3v) is 5.24. The number of aromatic nitrogens is 3. The zero-order valence-corrected chi connectivity index (χ0v) is 17.2. The minimum atomic E-state index is -0.0617. The van der Waals surface area contributed by atoms with E-state index in [2.05, 4.69) is 17.4 Å². The van der Waals surface area contributed by atoms with Gasteiger partial charge < -0.3 is 5.32 Å². The molecule has 4 rings (SSSR count). The highest BCUT2D eigenvalue weighted by atomic mass is 16.1. The number of hydrogen-bond acceptors (Lipinski definition) is 3. The fraction of sp³-hybridized carbons (Fsp3) is 0.208. The topological polar surface area (TPSA) is 59.3 Å². The molecule has 2 heterocycles. The van der Waals surface area contributed by atoms with Crippen LogP contribution in [0.25, 0.3) is 16.8 Å². The molecule has 29 heavy (non-hydrogen) atoms. The molecule has 1 amide bonds. The number of amides is 1. The summed E-state index contributed by atoms with van der Waals surface area (Å²) in [7, 11) is 0. The maximum atomic E-state index is 12.6. The molecule has 0 aliphatic rings. The second kappa shape index (κ2) is 7.51. The van der Waals surface area contributed by atoms with E-state index >= 15 is 0 Å². The SMILES string of the molecule is Cc1ccc(NC(=O)Cc2c(C)nc3c(-c4ccccc4)c(C)nn3c2C)cc1. The molecule has 0 spiro atoms. The summed E-state index contributed by atoms with van der Waals surface area (Å²) in [4.78, 5) is 17.5. The molecule has 2 aromatic heterocycles. The predicted molar refractivity (Wildman–Crippen MR) is 116 cm³/mol. The molecular weight excluding hydrogens is 360 g/mol. The van der Waals surface area contributed by atoms with E-state index in [0.29, 0.717) is 0 Å². The first-order valence-electron chi connectivity index (χ1n) is 9.71. The molecule has 0 aliphatic heterocycles. The molecule has 0 fully saturated rings. The number of benzene rings is 2. The highest BCUT2D eigenvalue weighted by Gasteiger charge is 2.19. The van der Waals surface area contributed by atoms with Crippen molar-refractivity contribution < 1.29 is 4.79 Å². The Labute approximate surface area is 170 Å². The second-order valence-electron chi connectivity index (χ2n) is 7.41. The van der Waals surface area contributed by atoms with Crippen LogP contribution in [-0.4, -0.2) is 20.5 Å². The lowest BCUT2D eigenvalue weighted by Gasteiger charge is -2.12. The Kier molecular flexibility index (Phi) is 4.89. The van der Waals surface area contributed by atoms with E-state index < -0.39 is 0 Å². The van der Waals surface area contributed by atoms with Gasteiger partial charge >= 0.3 is 0 Å². The molecule has 5 heteroatoms. The summed E-state index contributed by atoms with van der Waals surface area (Å²) >= 11 is 0. The van der Waals surface area contributed by atoms with Gasteiger partial charge in [-0.15, -0.1) is 0 Å². The van der Waals surface area contributed by atoms with Crippen molar-refractivity contribution in [3.8, 4) is 11.1 Å². The predicted octanol–water partition coefficient (Wildman–Crippen LogP) is 4.81. The third-order valence-electron chi connectivity index (χ3n) is 5.24. The van der Waals surface area contributed by atoms with Crippen LogP contribution in [0.4, 0.5) is 5.69 Å². The van der Waals surface area contributed by atoms with Crippen LogP contribution in [0.5, 0.6) is 0 Å². The first kappa shape index (κ1) is 18.9. The minimum absolute atomic E-state index is 0.0617. The average molecular weight is 384 g/mol. The Hall–Kier alpha value is -3.47. The molecule has 0 saturated heterocycles. The lowest BCUT2D eigenvalue weighted by atomic mass is 10.1. The van der Waals surface area contributed by atoms with E-state index in [1.54, 1.807) is 0 Å². The van der Waals surface area contributed by atoms with Crippen molar-refractivity contribution in [1.82, 2.24) is 14.6 Å². The van der Waals surface area contributed by atoms with Crippen LogP contribution in [0.15, 0.2) is 54.6 Å². The van der Waals surface area contributed by atoms with E-state index in [1.165, 1.54) is 0 Å². The first-order chi connectivity index (χ1) is 13.9. The fourth-order valence-corrected chi connectivity index (χ4v) is 3.67. The van der Waals surface area contributed by atoms with Gasteiger partial charge in [0.1, 0.15) is 0 Å². The highest BCUT2D eigenvalue weighted by molar-refractivity contribution is 5.92. The summed E-state index contributed by atoms with van der Waals surface area (Å²) < 4.78 is 1.86.